The van der Waals surface area contributed by atoms with Crippen LogP contribution >= 0.6 is 0 Å². The molecule has 0 heterocycles. The van der Waals surface area contributed by atoms with E-state index in [9.17, 15) is 9.90 Å². The summed E-state index contributed by atoms with van der Waals surface area (Å²) in [6.45, 7) is 7.89. The molecule has 0 fully saturated rings. The molecule has 1 aromatic rings. The highest BCUT2D eigenvalue weighted by molar-refractivity contribution is 5.97. The van der Waals surface area contributed by atoms with Crippen LogP contribution in [0.5, 0.6) is 5.75 Å². The van der Waals surface area contributed by atoms with Gasteiger partial charge in [0.1, 0.15) is 5.75 Å². The molecule has 0 unspecified atom stereocenters. The summed E-state index contributed by atoms with van der Waals surface area (Å²) in [5.74, 6) is -0.458. The molecule has 17 heavy (non-hydrogen) atoms. The molecule has 1 amide bonds. The first-order valence-electron chi connectivity index (χ1n) is 5.45. The molecule has 0 aliphatic heterocycles. The van der Waals surface area contributed by atoms with Crippen molar-refractivity contribution >= 4 is 11.6 Å². The van der Waals surface area contributed by atoms with Gasteiger partial charge < -0.3 is 5.11 Å². The molecule has 0 spiro atoms. The first-order chi connectivity index (χ1) is 7.82. The van der Waals surface area contributed by atoms with Crippen LogP contribution < -0.4 is 5.43 Å². The number of carbonyl (C=O) groups is 1. The number of hydrogen-bond acceptors (Lipinski definition) is 3. The Balaban J connectivity index is 2.79. The molecule has 0 saturated carbocycles. The fraction of sp³-hybridized carbons (Fsp3) is 0.385. The lowest BCUT2D eigenvalue weighted by Gasteiger charge is -2.17. The third-order valence-corrected chi connectivity index (χ3v) is 2.56. The van der Waals surface area contributed by atoms with Crippen LogP contribution in [-0.2, 0) is 0 Å². The van der Waals surface area contributed by atoms with Crippen molar-refractivity contribution in [3.05, 3.63) is 29.8 Å². The Bertz CT molecular complexity index is 445. The van der Waals surface area contributed by atoms with Gasteiger partial charge in [-0.3, -0.25) is 4.79 Å². The summed E-state index contributed by atoms with van der Waals surface area (Å²) in [6.07, 6.45) is 0. The monoisotopic (exact) mass is 234 g/mol. The number of hydrazone groups is 1. The lowest BCUT2D eigenvalue weighted by Crippen LogP contribution is -2.24. The average molecular weight is 234 g/mol. The largest absolute Gasteiger partial charge is 0.507 e. The first-order valence-corrected chi connectivity index (χ1v) is 5.45. The molecule has 0 radical (unpaired) electrons. The average Bonchev–Trinajstić information content (AvgIpc) is 2.24. The van der Waals surface area contributed by atoms with Gasteiger partial charge in [0.2, 0.25) is 0 Å². The Labute approximate surface area is 101 Å². The van der Waals surface area contributed by atoms with E-state index in [1.54, 1.807) is 18.2 Å². The molecule has 1 aromatic carbocycles. The summed E-state index contributed by atoms with van der Waals surface area (Å²) in [7, 11) is 0. The third kappa shape index (κ3) is 3.59. The van der Waals surface area contributed by atoms with E-state index in [4.69, 9.17) is 0 Å². The normalized spacial score (nSPS) is 12.4. The zero-order valence-electron chi connectivity index (χ0n) is 10.6. The second-order valence-electron chi connectivity index (χ2n) is 4.91. The van der Waals surface area contributed by atoms with Crippen LogP contribution in [0, 0.1) is 5.41 Å². The quantitative estimate of drug-likeness (QED) is 0.610. The van der Waals surface area contributed by atoms with Crippen molar-refractivity contribution in [2.45, 2.75) is 27.7 Å². The Morgan fingerprint density at radius 3 is 2.41 bits per heavy atom. The highest BCUT2D eigenvalue weighted by Crippen LogP contribution is 2.16. The molecular weight excluding hydrogens is 216 g/mol. The van der Waals surface area contributed by atoms with Gasteiger partial charge in [-0.1, -0.05) is 32.9 Å². The molecule has 0 atom stereocenters. The topological polar surface area (TPSA) is 61.7 Å². The van der Waals surface area contributed by atoms with Crippen LogP contribution in [0.4, 0.5) is 0 Å². The minimum Gasteiger partial charge on any atom is -0.507 e. The lowest BCUT2D eigenvalue weighted by atomic mass is 9.91. The van der Waals surface area contributed by atoms with Crippen LogP contribution in [0.15, 0.2) is 29.4 Å². The number of phenolic OH excluding ortho intramolecular Hbond substituents is 1. The van der Waals surface area contributed by atoms with Crippen molar-refractivity contribution < 1.29 is 9.90 Å². The third-order valence-electron chi connectivity index (χ3n) is 2.56. The first kappa shape index (κ1) is 13.2. The maximum absolute atomic E-state index is 11.7. The second kappa shape index (κ2) is 4.99. The summed E-state index contributed by atoms with van der Waals surface area (Å²) < 4.78 is 0. The maximum Gasteiger partial charge on any atom is 0.275 e. The number of carbonyl (C=O) groups excluding carboxylic acids is 1. The van der Waals surface area contributed by atoms with Gasteiger partial charge in [0.25, 0.3) is 5.91 Å². The fourth-order valence-electron chi connectivity index (χ4n) is 1.03. The molecule has 4 heteroatoms. The summed E-state index contributed by atoms with van der Waals surface area (Å²) in [5.41, 5.74) is 3.38. The van der Waals surface area contributed by atoms with Crippen LogP contribution in [0.3, 0.4) is 0 Å². The van der Waals surface area contributed by atoms with Gasteiger partial charge in [0, 0.05) is 11.1 Å². The van der Waals surface area contributed by atoms with E-state index in [1.807, 2.05) is 27.7 Å². The van der Waals surface area contributed by atoms with E-state index >= 15 is 0 Å². The predicted octanol–water partition coefficient (Wildman–Crippen LogP) is 2.54. The number of hydrogen-bond donors (Lipinski definition) is 2. The van der Waals surface area contributed by atoms with Crippen molar-refractivity contribution in [1.29, 1.82) is 0 Å². The van der Waals surface area contributed by atoms with Crippen LogP contribution in [0.1, 0.15) is 38.1 Å². The number of aromatic hydroxyl groups is 1. The predicted molar refractivity (Wildman–Crippen MR) is 68.1 cm³/mol. The standard InChI is InChI=1S/C13H18N2O2/c1-9(13(2,3)4)14-15-12(17)10-7-5-6-8-11(10)16/h5-8,16H,1-4H3,(H,15,17)/b14-9+. The van der Waals surface area contributed by atoms with Gasteiger partial charge in [-0.05, 0) is 19.1 Å². The maximum atomic E-state index is 11.7. The second-order valence-corrected chi connectivity index (χ2v) is 4.91. The van der Waals surface area contributed by atoms with E-state index in [0.29, 0.717) is 0 Å². The van der Waals surface area contributed by atoms with Crippen molar-refractivity contribution in [3.63, 3.8) is 0 Å². The summed E-state index contributed by atoms with van der Waals surface area (Å²) >= 11 is 0. The molecule has 4 nitrogen and oxygen atoms in total. The number of rotatable bonds is 2. The van der Waals surface area contributed by atoms with Crippen molar-refractivity contribution in [2.24, 2.45) is 10.5 Å². The Morgan fingerprint density at radius 2 is 1.88 bits per heavy atom. The van der Waals surface area contributed by atoms with Crippen molar-refractivity contribution in [3.8, 4) is 5.75 Å². The zero-order chi connectivity index (χ0) is 13.1. The Kier molecular flexibility index (Phi) is 3.89. The SMILES string of the molecule is C/C(=N\NC(=O)c1ccccc1O)C(C)(C)C. The van der Waals surface area contributed by atoms with Gasteiger partial charge in [-0.25, -0.2) is 5.43 Å². The highest BCUT2D eigenvalue weighted by atomic mass is 16.3. The van der Waals surface area contributed by atoms with E-state index in [0.717, 1.165) is 5.71 Å². The molecule has 92 valence electrons. The molecule has 0 bridgehead atoms. The number of phenols is 1. The molecule has 0 aromatic heterocycles. The van der Waals surface area contributed by atoms with Gasteiger partial charge >= 0.3 is 0 Å². The van der Waals surface area contributed by atoms with E-state index in [1.165, 1.54) is 6.07 Å². The van der Waals surface area contributed by atoms with Crippen LogP contribution in [-0.4, -0.2) is 16.7 Å². The van der Waals surface area contributed by atoms with Crippen molar-refractivity contribution in [1.82, 2.24) is 5.43 Å². The fourth-order valence-corrected chi connectivity index (χ4v) is 1.03. The zero-order valence-corrected chi connectivity index (χ0v) is 10.6. The van der Waals surface area contributed by atoms with Gasteiger partial charge in [0.15, 0.2) is 0 Å². The number of nitrogens with zero attached hydrogens (tertiary/aromatic N) is 1. The van der Waals surface area contributed by atoms with E-state index in [-0.39, 0.29) is 16.7 Å². The van der Waals surface area contributed by atoms with E-state index in [2.05, 4.69) is 10.5 Å². The molecule has 0 aliphatic carbocycles. The smallest absolute Gasteiger partial charge is 0.275 e. The molecule has 2 N–H and O–H groups in total. The summed E-state index contributed by atoms with van der Waals surface area (Å²) in [4.78, 5) is 11.7. The molecular formula is C13H18N2O2. The van der Waals surface area contributed by atoms with Gasteiger partial charge in [-0.15, -0.1) is 0 Å². The highest BCUT2D eigenvalue weighted by Gasteiger charge is 2.15. The molecule has 0 saturated heterocycles. The van der Waals surface area contributed by atoms with E-state index < -0.39 is 5.91 Å². The number of amides is 1. The number of para-hydroxylation sites is 1. The summed E-state index contributed by atoms with van der Waals surface area (Å²) in [6, 6.07) is 6.37. The molecule has 0 aliphatic rings. The summed E-state index contributed by atoms with van der Waals surface area (Å²) in [5, 5.41) is 13.5. The number of benzene rings is 1. The minimum absolute atomic E-state index is 0.0476. The minimum atomic E-state index is -0.410. The Morgan fingerprint density at radius 1 is 1.29 bits per heavy atom. The van der Waals surface area contributed by atoms with Gasteiger partial charge in [0.05, 0.1) is 5.56 Å². The van der Waals surface area contributed by atoms with Crippen molar-refractivity contribution in [2.75, 3.05) is 0 Å². The van der Waals surface area contributed by atoms with Crippen LogP contribution in [0.2, 0.25) is 0 Å². The lowest BCUT2D eigenvalue weighted by molar-refractivity contribution is 0.0952. The van der Waals surface area contributed by atoms with Gasteiger partial charge in [-0.2, -0.15) is 5.10 Å². The molecule has 1 rings (SSSR count). The van der Waals surface area contributed by atoms with Crippen LogP contribution in [0.25, 0.3) is 0 Å². The Hall–Kier alpha value is -1.84. The number of nitrogens with one attached hydrogen (secondary N) is 1.